The monoisotopic (exact) mass is 717 g/mol. The fourth-order valence-corrected chi connectivity index (χ4v) is 8.73. The average Bonchev–Trinajstić information content (AvgIpc) is 3.30. The first kappa shape index (κ1) is 30.6. The number of imide groups is 1. The number of hydrogen-bond acceptors (Lipinski definition) is 6. The number of alkyl halides is 4. The third-order valence-corrected chi connectivity index (χ3v) is 12.0. The van der Waals surface area contributed by atoms with Crippen LogP contribution in [0.4, 0.5) is 5.69 Å². The molecule has 41 heavy (non-hydrogen) atoms. The number of halogens is 8. The lowest BCUT2D eigenvalue weighted by atomic mass is 9.84. The molecule has 2 aliphatic carbocycles. The number of hydrazine groups is 1. The van der Waals surface area contributed by atoms with Crippen molar-refractivity contribution in [3.8, 4) is 0 Å². The molecular weight excluding hydrogens is 710 g/mol. The minimum atomic E-state index is -2.23. The van der Waals surface area contributed by atoms with E-state index in [0.29, 0.717) is 10.0 Å². The molecule has 1 saturated heterocycles. The number of nitro benzene ring substituents is 1. The molecule has 3 amide bonds. The number of amides is 3. The quantitative estimate of drug-likeness (QED) is 0.109. The molecule has 0 N–H and O–H groups in total. The lowest BCUT2D eigenvalue weighted by molar-refractivity contribution is -0.384. The van der Waals surface area contributed by atoms with Crippen molar-refractivity contribution in [1.82, 2.24) is 10.0 Å². The molecule has 17 heteroatoms. The summed E-state index contributed by atoms with van der Waals surface area (Å²) in [7, 11) is 0. The zero-order chi connectivity index (χ0) is 30.4. The predicted octanol–water partition coefficient (Wildman–Crippen LogP) is 6.59. The Bertz CT molecular complexity index is 1590. The highest BCUT2D eigenvalue weighted by Gasteiger charge is 2.88. The van der Waals surface area contributed by atoms with Gasteiger partial charge in [-0.3, -0.25) is 29.3 Å². The van der Waals surface area contributed by atoms with Gasteiger partial charge in [-0.2, -0.15) is 5.01 Å². The van der Waals surface area contributed by atoms with Crippen LogP contribution >= 0.6 is 92.8 Å². The lowest BCUT2D eigenvalue weighted by Gasteiger charge is -2.36. The second kappa shape index (κ2) is 10.1. The van der Waals surface area contributed by atoms with Gasteiger partial charge < -0.3 is 0 Å². The van der Waals surface area contributed by atoms with Crippen LogP contribution in [0, 0.1) is 22.0 Å². The Morgan fingerprint density at radius 1 is 0.902 bits per heavy atom. The number of allylic oxidation sites excluding steroid dienone is 2. The largest absolute Gasteiger partial charge is 0.292 e. The fraction of sp³-hybridized carbons (Fsp3) is 0.250. The van der Waals surface area contributed by atoms with E-state index >= 15 is 0 Å². The van der Waals surface area contributed by atoms with E-state index in [1.54, 1.807) is 0 Å². The van der Waals surface area contributed by atoms with E-state index in [2.05, 4.69) is 0 Å². The Kier molecular flexibility index (Phi) is 7.57. The van der Waals surface area contributed by atoms with Crippen molar-refractivity contribution in [3.05, 3.63) is 83.8 Å². The van der Waals surface area contributed by atoms with Gasteiger partial charge in [0.15, 0.2) is 10.1 Å². The summed E-state index contributed by atoms with van der Waals surface area (Å²) in [4.78, 5) is 61.2. The number of rotatable bonds is 6. The first-order valence-electron chi connectivity index (χ1n) is 11.3. The van der Waals surface area contributed by atoms with Crippen molar-refractivity contribution in [1.29, 1.82) is 0 Å². The SMILES string of the molecule is O=C(CN(C(=O)c1cccc([N+](=O)[O-])c1)N1C(=O)[C@H]2[C@H](C1=O)[C@@]1(Cl)C(Cl)=C(Cl)[C@@]2(Cl)C1(Cl)Cl)c1ccc(Cl)cc1Cl. The molecule has 0 aromatic heterocycles. The molecule has 0 unspecified atom stereocenters. The number of non-ortho nitro benzene ring substituents is 1. The maximum atomic E-state index is 13.9. The number of carbonyl (C=O) groups is 4. The number of carbonyl (C=O) groups excluding carboxylic acids is 4. The molecule has 4 atom stereocenters. The molecule has 0 spiro atoms. The molecule has 214 valence electrons. The van der Waals surface area contributed by atoms with Gasteiger partial charge >= 0.3 is 0 Å². The van der Waals surface area contributed by atoms with Gasteiger partial charge in [-0.15, -0.1) is 23.2 Å². The molecule has 3 aliphatic rings. The molecule has 2 aromatic carbocycles. The number of fused-ring (bicyclic) bond motifs is 5. The van der Waals surface area contributed by atoms with E-state index < -0.39 is 66.6 Å². The van der Waals surface area contributed by atoms with Gasteiger partial charge in [0.2, 0.25) is 0 Å². The summed E-state index contributed by atoms with van der Waals surface area (Å²) >= 11 is 51.3. The van der Waals surface area contributed by atoms with Crippen LogP contribution in [0.1, 0.15) is 20.7 Å². The Balaban J connectivity index is 1.62. The van der Waals surface area contributed by atoms with Crippen molar-refractivity contribution < 1.29 is 24.1 Å². The maximum Gasteiger partial charge on any atom is 0.273 e. The number of hydrogen-bond donors (Lipinski definition) is 0. The Hall–Kier alpha value is -1.82. The molecule has 1 heterocycles. The third-order valence-electron chi connectivity index (χ3n) is 7.19. The summed E-state index contributed by atoms with van der Waals surface area (Å²) in [6.45, 7) is -0.924. The van der Waals surface area contributed by atoms with Crippen molar-refractivity contribution in [2.45, 2.75) is 14.1 Å². The third kappa shape index (κ3) is 4.04. The highest BCUT2D eigenvalue weighted by Crippen LogP contribution is 2.77. The summed E-state index contributed by atoms with van der Waals surface area (Å²) in [5.74, 6) is -7.37. The summed E-state index contributed by atoms with van der Waals surface area (Å²) in [5.41, 5.74) is -0.884. The smallest absolute Gasteiger partial charge is 0.273 e. The molecule has 5 rings (SSSR count). The normalized spacial score (nSPS) is 27.9. The molecule has 2 aromatic rings. The molecule has 2 bridgehead atoms. The van der Waals surface area contributed by atoms with Crippen LogP contribution in [-0.2, 0) is 9.59 Å². The van der Waals surface area contributed by atoms with E-state index in [-0.39, 0.29) is 31.2 Å². The molecule has 0 radical (unpaired) electrons. The zero-order valence-corrected chi connectivity index (χ0v) is 25.8. The standard InChI is InChI=1S/C24H11Cl8N3O6/c25-10-4-5-12(13(26)7-10)14(36)8-33(19(37)9-2-1-3-11(6-9)35(40)41)34-20(38)15-16(21(34)39)23(30)18(28)17(27)22(15,29)24(23,31)32/h1-7,15-16H,8H2/t15-,16-,22-,23-/m1/s1. The van der Waals surface area contributed by atoms with Crippen molar-refractivity contribution in [2.24, 2.45) is 11.8 Å². The van der Waals surface area contributed by atoms with Gasteiger partial charge in [-0.25, -0.2) is 5.01 Å². The Morgan fingerprint density at radius 3 is 1.98 bits per heavy atom. The second-order valence-corrected chi connectivity index (χ2v) is 13.4. The fourth-order valence-electron chi connectivity index (χ4n) is 5.29. The van der Waals surface area contributed by atoms with Crippen molar-refractivity contribution in [3.63, 3.8) is 0 Å². The van der Waals surface area contributed by atoms with E-state index in [1.165, 1.54) is 30.3 Å². The minimum absolute atomic E-state index is 0.0736. The number of Topliss-reactive ketones (excluding diaryl/α,β-unsaturated/α-hetero) is 1. The van der Waals surface area contributed by atoms with Crippen LogP contribution in [0.2, 0.25) is 10.0 Å². The van der Waals surface area contributed by atoms with Crippen LogP contribution in [0.3, 0.4) is 0 Å². The van der Waals surface area contributed by atoms with Crippen LogP contribution < -0.4 is 0 Å². The maximum absolute atomic E-state index is 13.9. The van der Waals surface area contributed by atoms with E-state index in [9.17, 15) is 29.3 Å². The van der Waals surface area contributed by atoms with E-state index in [4.69, 9.17) is 92.8 Å². The Labute approximate surface area is 270 Å². The van der Waals surface area contributed by atoms with E-state index in [1.807, 2.05) is 0 Å². The highest BCUT2D eigenvalue weighted by molar-refractivity contribution is 6.66. The topological polar surface area (TPSA) is 118 Å². The second-order valence-electron chi connectivity index (χ2n) is 9.29. The van der Waals surface area contributed by atoms with E-state index in [0.717, 1.165) is 12.1 Å². The average molecular weight is 721 g/mol. The Morgan fingerprint density at radius 2 is 1.46 bits per heavy atom. The molecule has 1 saturated carbocycles. The summed E-state index contributed by atoms with van der Waals surface area (Å²) in [6, 6.07) is 8.37. The van der Waals surface area contributed by atoms with Gasteiger partial charge in [0.25, 0.3) is 23.4 Å². The minimum Gasteiger partial charge on any atom is -0.292 e. The molecule has 9 nitrogen and oxygen atoms in total. The van der Waals surface area contributed by atoms with Crippen LogP contribution in [0.5, 0.6) is 0 Å². The summed E-state index contributed by atoms with van der Waals surface area (Å²) in [6.07, 6.45) is 0. The van der Waals surface area contributed by atoms with Crippen LogP contribution in [0.25, 0.3) is 0 Å². The highest BCUT2D eigenvalue weighted by atomic mass is 35.5. The number of nitrogens with zero attached hydrogens (tertiary/aromatic N) is 3. The molecule has 2 fully saturated rings. The van der Waals surface area contributed by atoms with Crippen LogP contribution in [0.15, 0.2) is 52.5 Å². The first-order valence-corrected chi connectivity index (χ1v) is 14.3. The van der Waals surface area contributed by atoms with Gasteiger partial charge in [0.05, 0.1) is 31.8 Å². The first-order chi connectivity index (χ1) is 19.0. The number of nitro groups is 1. The van der Waals surface area contributed by atoms with Crippen molar-refractivity contribution >= 4 is 122 Å². The number of ketones is 1. The molecule has 1 aliphatic heterocycles. The molecular formula is C24H11Cl8N3O6. The van der Waals surface area contributed by atoms with Gasteiger partial charge in [0.1, 0.15) is 16.3 Å². The zero-order valence-electron chi connectivity index (χ0n) is 19.7. The summed E-state index contributed by atoms with van der Waals surface area (Å²) < 4.78 is -2.23. The predicted molar refractivity (Wildman–Crippen MR) is 154 cm³/mol. The van der Waals surface area contributed by atoms with Gasteiger partial charge in [0, 0.05) is 28.3 Å². The van der Waals surface area contributed by atoms with Gasteiger partial charge in [-0.05, 0) is 24.3 Å². The lowest BCUT2D eigenvalue weighted by Crippen LogP contribution is -2.56. The van der Waals surface area contributed by atoms with Crippen LogP contribution in [-0.4, -0.2) is 59.1 Å². The summed E-state index contributed by atoms with van der Waals surface area (Å²) in [5, 5.41) is 11.7. The number of benzene rings is 2. The van der Waals surface area contributed by atoms with Gasteiger partial charge in [-0.1, -0.05) is 75.7 Å². The van der Waals surface area contributed by atoms with Crippen molar-refractivity contribution in [2.75, 3.05) is 6.54 Å².